The molecule has 1 aliphatic rings. The fourth-order valence-corrected chi connectivity index (χ4v) is 4.42. The number of anilines is 2. The van der Waals surface area contributed by atoms with Crippen LogP contribution in [0.3, 0.4) is 0 Å². The van der Waals surface area contributed by atoms with Crippen LogP contribution in [0.15, 0.2) is 42.5 Å². The molecule has 27 heavy (non-hydrogen) atoms. The highest BCUT2D eigenvalue weighted by Crippen LogP contribution is 2.28. The van der Waals surface area contributed by atoms with Gasteiger partial charge in [-0.1, -0.05) is 12.1 Å². The fraction of sp³-hybridized carbons (Fsp3) is 0.222. The Balaban J connectivity index is 1.74. The number of hydrogen-bond acceptors (Lipinski definition) is 4. The van der Waals surface area contributed by atoms with Gasteiger partial charge in [-0.25, -0.2) is 12.8 Å². The molecule has 0 unspecified atom stereocenters. The molecule has 3 N–H and O–H groups in total. The standard InChI is InChI=1S/C18H18FN3O4S/c19-15-7-6-14(22-8-1-9-27(22,25)26)11-16(15)21-17(23)10-12-2-4-13(5-3-12)18(20)24/h2-7,11H,1,8-10H2,(H2,20,24)(H,21,23). The van der Waals surface area contributed by atoms with Gasteiger partial charge in [0.2, 0.25) is 21.8 Å². The van der Waals surface area contributed by atoms with Crippen molar-refractivity contribution in [2.75, 3.05) is 21.9 Å². The molecule has 2 aromatic carbocycles. The summed E-state index contributed by atoms with van der Waals surface area (Å²) >= 11 is 0. The number of hydrogen-bond donors (Lipinski definition) is 2. The summed E-state index contributed by atoms with van der Waals surface area (Å²) in [4.78, 5) is 23.3. The minimum Gasteiger partial charge on any atom is -0.366 e. The number of carbonyl (C=O) groups excluding carboxylic acids is 2. The lowest BCUT2D eigenvalue weighted by Crippen LogP contribution is -2.25. The second-order valence-electron chi connectivity index (χ2n) is 6.19. The number of amides is 2. The lowest BCUT2D eigenvalue weighted by molar-refractivity contribution is -0.115. The van der Waals surface area contributed by atoms with Gasteiger partial charge in [-0.15, -0.1) is 0 Å². The SMILES string of the molecule is NC(=O)c1ccc(CC(=O)Nc2cc(N3CCCS3(=O)=O)ccc2F)cc1. The Kier molecular flexibility index (Phi) is 5.13. The third kappa shape index (κ3) is 4.25. The van der Waals surface area contributed by atoms with Crippen molar-refractivity contribution in [3.63, 3.8) is 0 Å². The van der Waals surface area contributed by atoms with Crippen LogP contribution in [0.2, 0.25) is 0 Å². The minimum atomic E-state index is -3.40. The predicted octanol–water partition coefficient (Wildman–Crippen LogP) is 1.65. The molecule has 9 heteroatoms. The van der Waals surface area contributed by atoms with Crippen LogP contribution in [-0.4, -0.2) is 32.5 Å². The third-order valence-electron chi connectivity index (χ3n) is 4.21. The van der Waals surface area contributed by atoms with Crippen molar-refractivity contribution in [2.24, 2.45) is 5.73 Å². The first kappa shape index (κ1) is 18.8. The molecular weight excluding hydrogens is 373 g/mol. The molecule has 7 nitrogen and oxygen atoms in total. The van der Waals surface area contributed by atoms with E-state index in [0.717, 1.165) is 6.07 Å². The molecule has 1 fully saturated rings. The Morgan fingerprint density at radius 3 is 2.44 bits per heavy atom. The molecular formula is C18H18FN3O4S. The van der Waals surface area contributed by atoms with Crippen LogP contribution in [0.4, 0.5) is 15.8 Å². The van der Waals surface area contributed by atoms with Crippen molar-refractivity contribution >= 4 is 33.2 Å². The summed E-state index contributed by atoms with van der Waals surface area (Å²) in [6.45, 7) is 0.327. The first-order valence-corrected chi connectivity index (χ1v) is 9.86. The largest absolute Gasteiger partial charge is 0.366 e. The van der Waals surface area contributed by atoms with Crippen molar-refractivity contribution in [1.29, 1.82) is 0 Å². The topological polar surface area (TPSA) is 110 Å². The minimum absolute atomic E-state index is 0.0370. The smallest absolute Gasteiger partial charge is 0.248 e. The van der Waals surface area contributed by atoms with E-state index in [9.17, 15) is 22.4 Å². The Hall–Kier alpha value is -2.94. The summed E-state index contributed by atoms with van der Waals surface area (Å²) in [5.74, 6) is -1.65. The van der Waals surface area contributed by atoms with Gasteiger partial charge in [0.15, 0.2) is 0 Å². The molecule has 2 amide bonds. The van der Waals surface area contributed by atoms with E-state index in [1.807, 2.05) is 0 Å². The molecule has 1 heterocycles. The van der Waals surface area contributed by atoms with Gasteiger partial charge in [0, 0.05) is 12.1 Å². The van der Waals surface area contributed by atoms with Gasteiger partial charge in [0.25, 0.3) is 0 Å². The third-order valence-corrected chi connectivity index (χ3v) is 6.08. The van der Waals surface area contributed by atoms with Gasteiger partial charge < -0.3 is 11.1 Å². The number of halogens is 1. The Bertz CT molecular complexity index is 990. The van der Waals surface area contributed by atoms with Crippen molar-refractivity contribution in [1.82, 2.24) is 0 Å². The fourth-order valence-electron chi connectivity index (χ4n) is 2.86. The van der Waals surface area contributed by atoms with E-state index in [1.54, 1.807) is 12.1 Å². The second-order valence-corrected chi connectivity index (χ2v) is 8.20. The average molecular weight is 391 g/mol. The number of sulfonamides is 1. The number of nitrogens with one attached hydrogen (secondary N) is 1. The van der Waals surface area contributed by atoms with Crippen molar-refractivity contribution < 1.29 is 22.4 Å². The van der Waals surface area contributed by atoms with Gasteiger partial charge in [-0.3, -0.25) is 13.9 Å². The summed E-state index contributed by atoms with van der Waals surface area (Å²) in [6.07, 6.45) is 0.466. The van der Waals surface area contributed by atoms with Crippen molar-refractivity contribution in [3.05, 3.63) is 59.4 Å². The van der Waals surface area contributed by atoms with E-state index in [-0.39, 0.29) is 17.9 Å². The van der Waals surface area contributed by atoms with Gasteiger partial charge in [0.1, 0.15) is 5.82 Å². The number of nitrogens with two attached hydrogens (primary N) is 1. The van der Waals surface area contributed by atoms with E-state index in [0.29, 0.717) is 29.8 Å². The zero-order chi connectivity index (χ0) is 19.6. The maximum absolute atomic E-state index is 14.1. The number of nitrogens with zero attached hydrogens (tertiary/aromatic N) is 1. The van der Waals surface area contributed by atoms with Gasteiger partial charge in [0.05, 0.1) is 23.5 Å². The van der Waals surface area contributed by atoms with Gasteiger partial charge in [-0.2, -0.15) is 0 Å². The molecule has 0 spiro atoms. The van der Waals surface area contributed by atoms with Crippen LogP contribution >= 0.6 is 0 Å². The number of primary amides is 1. The average Bonchev–Trinajstić information content (AvgIpc) is 2.96. The summed E-state index contributed by atoms with van der Waals surface area (Å²) in [7, 11) is -3.40. The quantitative estimate of drug-likeness (QED) is 0.807. The Morgan fingerprint density at radius 1 is 1.15 bits per heavy atom. The monoisotopic (exact) mass is 391 g/mol. The number of carbonyl (C=O) groups is 2. The molecule has 1 aliphatic heterocycles. The molecule has 0 radical (unpaired) electrons. The highest BCUT2D eigenvalue weighted by atomic mass is 32.2. The first-order chi connectivity index (χ1) is 12.8. The maximum Gasteiger partial charge on any atom is 0.248 e. The van der Waals surface area contributed by atoms with Crippen LogP contribution in [-0.2, 0) is 21.2 Å². The summed E-state index contributed by atoms with van der Waals surface area (Å²) in [5.41, 5.74) is 6.33. The molecule has 1 saturated heterocycles. The van der Waals surface area contributed by atoms with Crippen LogP contribution in [0.25, 0.3) is 0 Å². The Labute approximate surface area is 156 Å². The van der Waals surface area contributed by atoms with Crippen molar-refractivity contribution in [2.45, 2.75) is 12.8 Å². The number of benzene rings is 2. The highest BCUT2D eigenvalue weighted by Gasteiger charge is 2.29. The molecule has 0 atom stereocenters. The lowest BCUT2D eigenvalue weighted by atomic mass is 10.1. The van der Waals surface area contributed by atoms with E-state index in [4.69, 9.17) is 5.73 Å². The zero-order valence-electron chi connectivity index (χ0n) is 14.3. The molecule has 142 valence electrons. The normalized spacial score (nSPS) is 15.5. The highest BCUT2D eigenvalue weighted by molar-refractivity contribution is 7.93. The van der Waals surface area contributed by atoms with E-state index >= 15 is 0 Å². The molecule has 0 aromatic heterocycles. The van der Waals surface area contributed by atoms with Crippen molar-refractivity contribution in [3.8, 4) is 0 Å². The molecule has 0 bridgehead atoms. The van der Waals surface area contributed by atoms with Crippen LogP contribution in [0, 0.1) is 5.82 Å². The molecule has 3 rings (SSSR count). The van der Waals surface area contributed by atoms with E-state index in [1.165, 1.54) is 28.6 Å². The van der Waals surface area contributed by atoms with Crippen LogP contribution < -0.4 is 15.4 Å². The van der Waals surface area contributed by atoms with E-state index < -0.39 is 27.7 Å². The second kappa shape index (κ2) is 7.36. The summed E-state index contributed by atoms with van der Waals surface area (Å²) in [5, 5.41) is 2.46. The predicted molar refractivity (Wildman–Crippen MR) is 99.4 cm³/mol. The lowest BCUT2D eigenvalue weighted by Gasteiger charge is -2.18. The number of rotatable bonds is 5. The molecule has 0 aliphatic carbocycles. The van der Waals surface area contributed by atoms with Crippen LogP contribution in [0.1, 0.15) is 22.3 Å². The zero-order valence-corrected chi connectivity index (χ0v) is 15.1. The molecule has 0 saturated carbocycles. The van der Waals surface area contributed by atoms with Gasteiger partial charge >= 0.3 is 0 Å². The summed E-state index contributed by atoms with van der Waals surface area (Å²) in [6, 6.07) is 9.99. The first-order valence-electron chi connectivity index (χ1n) is 8.25. The molecule has 2 aromatic rings. The summed E-state index contributed by atoms with van der Waals surface area (Å²) < 4.78 is 39.3. The van der Waals surface area contributed by atoms with Crippen LogP contribution in [0.5, 0.6) is 0 Å². The maximum atomic E-state index is 14.1. The van der Waals surface area contributed by atoms with Gasteiger partial charge in [-0.05, 0) is 42.3 Å². The Morgan fingerprint density at radius 2 is 1.85 bits per heavy atom. The van der Waals surface area contributed by atoms with E-state index in [2.05, 4.69) is 5.32 Å².